The van der Waals surface area contributed by atoms with Gasteiger partial charge in [0.05, 0.1) is 6.04 Å². The van der Waals surface area contributed by atoms with Crippen LogP contribution in [0.3, 0.4) is 0 Å². The predicted molar refractivity (Wildman–Crippen MR) is 118 cm³/mol. The average Bonchev–Trinajstić information content (AvgIpc) is 3.28. The highest BCUT2D eigenvalue weighted by atomic mass is 16.2. The monoisotopic (exact) mass is 405 g/mol. The van der Waals surface area contributed by atoms with E-state index in [1.807, 2.05) is 55.1 Å². The van der Waals surface area contributed by atoms with Crippen molar-refractivity contribution in [3.63, 3.8) is 0 Å². The third-order valence-electron chi connectivity index (χ3n) is 6.82. The molecule has 0 saturated carbocycles. The van der Waals surface area contributed by atoms with Crippen molar-refractivity contribution in [2.45, 2.75) is 32.7 Å². The van der Waals surface area contributed by atoms with Crippen LogP contribution >= 0.6 is 0 Å². The second-order valence-corrected chi connectivity index (χ2v) is 8.89. The van der Waals surface area contributed by atoms with E-state index in [0.29, 0.717) is 11.8 Å². The predicted octanol–water partition coefficient (Wildman–Crippen LogP) is 2.79. The molecule has 2 fully saturated rings. The third-order valence-corrected chi connectivity index (χ3v) is 6.82. The van der Waals surface area contributed by atoms with Gasteiger partial charge in [-0.2, -0.15) is 0 Å². The number of hydrogen-bond acceptors (Lipinski definition) is 3. The number of nitrogens with two attached hydrogens (primary N) is 1. The van der Waals surface area contributed by atoms with Crippen LogP contribution in [0.25, 0.3) is 0 Å². The summed E-state index contributed by atoms with van der Waals surface area (Å²) in [5.41, 5.74) is 9.91. The zero-order valence-electron chi connectivity index (χ0n) is 17.9. The highest BCUT2D eigenvalue weighted by Gasteiger charge is 2.44. The van der Waals surface area contributed by atoms with Crippen LogP contribution in [0.5, 0.6) is 0 Å². The summed E-state index contributed by atoms with van der Waals surface area (Å²) < 4.78 is 0. The van der Waals surface area contributed by atoms with Crippen molar-refractivity contribution < 1.29 is 9.59 Å². The molecule has 2 unspecified atom stereocenters. The summed E-state index contributed by atoms with van der Waals surface area (Å²) in [4.78, 5) is 29.6. The number of nitrogens with zero attached hydrogens (tertiary/aromatic N) is 2. The number of carbonyl (C=O) groups excluding carboxylic acids is 2. The number of benzene rings is 2. The highest BCUT2D eigenvalue weighted by Crippen LogP contribution is 2.34. The molecule has 0 bridgehead atoms. The first kappa shape index (κ1) is 20.6. The summed E-state index contributed by atoms with van der Waals surface area (Å²) in [6.45, 7) is 7.20. The van der Waals surface area contributed by atoms with Gasteiger partial charge in [0.15, 0.2) is 0 Å². The van der Waals surface area contributed by atoms with Gasteiger partial charge >= 0.3 is 0 Å². The van der Waals surface area contributed by atoms with Crippen molar-refractivity contribution in [1.29, 1.82) is 0 Å². The van der Waals surface area contributed by atoms with Crippen molar-refractivity contribution >= 4 is 11.8 Å². The van der Waals surface area contributed by atoms with E-state index in [2.05, 4.69) is 17.0 Å². The molecular formula is C25H31N3O2. The number of aryl methyl sites for hydroxylation is 3. The second-order valence-electron chi connectivity index (χ2n) is 8.89. The van der Waals surface area contributed by atoms with E-state index < -0.39 is 0 Å². The van der Waals surface area contributed by atoms with Crippen molar-refractivity contribution in [2.75, 3.05) is 26.2 Å². The van der Waals surface area contributed by atoms with Gasteiger partial charge in [0, 0.05) is 31.7 Å². The zero-order valence-corrected chi connectivity index (χ0v) is 17.9. The molecule has 0 spiro atoms. The minimum atomic E-state index is -0.241. The SMILES string of the molecule is Cc1cccc(C)c1C(=O)N1CC2CN([C@@H](CCc3ccccc3)C(N)=O)CC2C1. The van der Waals surface area contributed by atoms with Crippen LogP contribution in [-0.4, -0.2) is 53.8 Å². The number of primary amides is 1. The molecule has 4 rings (SSSR count). The molecule has 3 atom stereocenters. The molecule has 2 aromatic carbocycles. The Kier molecular flexibility index (Phi) is 5.91. The first-order chi connectivity index (χ1) is 14.4. The summed E-state index contributed by atoms with van der Waals surface area (Å²) in [6.07, 6.45) is 1.58. The molecule has 0 radical (unpaired) electrons. The first-order valence-corrected chi connectivity index (χ1v) is 10.9. The molecule has 0 aliphatic carbocycles. The van der Waals surface area contributed by atoms with Crippen LogP contribution < -0.4 is 5.73 Å². The largest absolute Gasteiger partial charge is 0.368 e. The van der Waals surface area contributed by atoms with E-state index in [9.17, 15) is 9.59 Å². The van der Waals surface area contributed by atoms with Gasteiger partial charge in [-0.15, -0.1) is 0 Å². The van der Waals surface area contributed by atoms with Crippen molar-refractivity contribution in [3.8, 4) is 0 Å². The summed E-state index contributed by atoms with van der Waals surface area (Å²) in [7, 11) is 0. The molecule has 5 heteroatoms. The van der Waals surface area contributed by atoms with Crippen LogP contribution in [0.1, 0.15) is 33.5 Å². The second kappa shape index (κ2) is 8.60. The van der Waals surface area contributed by atoms with Crippen molar-refractivity contribution in [1.82, 2.24) is 9.80 Å². The molecule has 2 heterocycles. The van der Waals surface area contributed by atoms with Crippen LogP contribution in [0, 0.1) is 25.7 Å². The average molecular weight is 406 g/mol. The fourth-order valence-corrected chi connectivity index (χ4v) is 5.21. The Balaban J connectivity index is 1.38. The van der Waals surface area contributed by atoms with E-state index in [-0.39, 0.29) is 17.9 Å². The number of fused-ring (bicyclic) bond motifs is 1. The van der Waals surface area contributed by atoms with E-state index in [1.165, 1.54) is 5.56 Å². The molecule has 158 valence electrons. The summed E-state index contributed by atoms with van der Waals surface area (Å²) in [5, 5.41) is 0. The lowest BCUT2D eigenvalue weighted by Gasteiger charge is -2.28. The lowest BCUT2D eigenvalue weighted by Crippen LogP contribution is -2.45. The molecule has 0 aromatic heterocycles. The Labute approximate surface area is 178 Å². The maximum atomic E-state index is 13.1. The molecular weight excluding hydrogens is 374 g/mol. The lowest BCUT2D eigenvalue weighted by molar-refractivity contribution is -0.123. The third kappa shape index (κ3) is 4.12. The molecule has 5 nitrogen and oxygen atoms in total. The van der Waals surface area contributed by atoms with Crippen molar-refractivity contribution in [2.24, 2.45) is 17.6 Å². The Bertz CT molecular complexity index is 893. The minimum Gasteiger partial charge on any atom is -0.368 e. The van der Waals surface area contributed by atoms with Crippen LogP contribution in [0.2, 0.25) is 0 Å². The van der Waals surface area contributed by atoms with Gasteiger partial charge < -0.3 is 10.6 Å². The number of rotatable bonds is 6. The van der Waals surface area contributed by atoms with E-state index in [1.54, 1.807) is 0 Å². The topological polar surface area (TPSA) is 66.6 Å². The standard InChI is InChI=1S/C25H31N3O2/c1-17-7-6-8-18(2)23(17)25(30)28-15-20-13-27(14-21(20)16-28)22(24(26)29)12-11-19-9-4-3-5-10-19/h3-10,20-22H,11-16H2,1-2H3,(H2,26,29)/t20?,21?,22-/m0/s1. The maximum absolute atomic E-state index is 13.1. The van der Waals surface area contributed by atoms with E-state index in [0.717, 1.165) is 55.7 Å². The van der Waals surface area contributed by atoms with Gasteiger partial charge in [-0.3, -0.25) is 14.5 Å². The minimum absolute atomic E-state index is 0.141. The number of hydrogen-bond donors (Lipinski definition) is 1. The highest BCUT2D eigenvalue weighted by molar-refractivity contribution is 5.97. The summed E-state index contributed by atoms with van der Waals surface area (Å²) in [6, 6.07) is 16.0. The van der Waals surface area contributed by atoms with Crippen LogP contribution in [0.15, 0.2) is 48.5 Å². The van der Waals surface area contributed by atoms with E-state index >= 15 is 0 Å². The number of carbonyl (C=O) groups is 2. The summed E-state index contributed by atoms with van der Waals surface area (Å²) >= 11 is 0. The van der Waals surface area contributed by atoms with Gasteiger partial charge in [0.1, 0.15) is 0 Å². The number of amides is 2. The van der Waals surface area contributed by atoms with Crippen molar-refractivity contribution in [3.05, 3.63) is 70.8 Å². The molecule has 30 heavy (non-hydrogen) atoms. The normalized spacial score (nSPS) is 22.1. The Hall–Kier alpha value is -2.66. The summed E-state index contributed by atoms with van der Waals surface area (Å²) in [5.74, 6) is 0.727. The fraction of sp³-hybridized carbons (Fsp3) is 0.440. The van der Waals surface area contributed by atoms with Gasteiger partial charge in [0.2, 0.25) is 5.91 Å². The molecule has 2 saturated heterocycles. The van der Waals surface area contributed by atoms with Gasteiger partial charge in [-0.05, 0) is 55.2 Å². The van der Waals surface area contributed by atoms with Gasteiger partial charge in [0.25, 0.3) is 5.91 Å². The first-order valence-electron chi connectivity index (χ1n) is 10.9. The molecule has 2 aliphatic heterocycles. The van der Waals surface area contributed by atoms with Gasteiger partial charge in [-0.1, -0.05) is 48.5 Å². The zero-order chi connectivity index (χ0) is 21.3. The Morgan fingerprint density at radius 3 is 2.10 bits per heavy atom. The Morgan fingerprint density at radius 2 is 1.53 bits per heavy atom. The maximum Gasteiger partial charge on any atom is 0.254 e. The molecule has 2 amide bonds. The van der Waals surface area contributed by atoms with E-state index in [4.69, 9.17) is 5.73 Å². The van der Waals surface area contributed by atoms with Gasteiger partial charge in [-0.25, -0.2) is 0 Å². The fourth-order valence-electron chi connectivity index (χ4n) is 5.21. The lowest BCUT2D eigenvalue weighted by atomic mass is 10.0. The molecule has 2 aliphatic rings. The molecule has 2 N–H and O–H groups in total. The number of likely N-dealkylation sites (tertiary alicyclic amines) is 2. The Morgan fingerprint density at radius 1 is 0.933 bits per heavy atom. The van der Waals surface area contributed by atoms with Crippen LogP contribution in [-0.2, 0) is 11.2 Å². The molecule has 2 aromatic rings. The quantitative estimate of drug-likeness (QED) is 0.804. The van der Waals surface area contributed by atoms with Crippen LogP contribution in [0.4, 0.5) is 0 Å². The smallest absolute Gasteiger partial charge is 0.254 e.